The van der Waals surface area contributed by atoms with Gasteiger partial charge >= 0.3 is 0 Å². The summed E-state index contributed by atoms with van der Waals surface area (Å²) in [7, 11) is 0. The first-order chi connectivity index (χ1) is 16.2. The van der Waals surface area contributed by atoms with Gasteiger partial charge in [0.1, 0.15) is 0 Å². The average Bonchev–Trinajstić information content (AvgIpc) is 3.62. The maximum atomic E-state index is 13.2. The molecule has 33 heavy (non-hydrogen) atoms. The SMILES string of the molecule is O=C(Nc1ccccc1C(=O)NCC(c1cccs1)c1c[nH]c2ccccc12)c1ccsc1. The molecule has 7 heteroatoms. The molecular formula is C26H21N3O2S2. The molecule has 164 valence electrons. The highest BCUT2D eigenvalue weighted by Crippen LogP contribution is 2.33. The lowest BCUT2D eigenvalue weighted by Crippen LogP contribution is -2.29. The number of carbonyl (C=O) groups excluding carboxylic acids is 2. The number of rotatable bonds is 7. The number of anilines is 1. The summed E-state index contributed by atoms with van der Waals surface area (Å²) < 4.78 is 0. The molecule has 2 aromatic carbocycles. The van der Waals surface area contributed by atoms with E-state index in [-0.39, 0.29) is 17.7 Å². The highest BCUT2D eigenvalue weighted by atomic mass is 32.1. The monoisotopic (exact) mass is 471 g/mol. The standard InChI is InChI=1S/C26H21N3O2S2/c30-25(17-11-13-32-16-17)29-23-9-4-2-7-19(23)26(31)28-15-21(24-10-5-12-33-24)20-14-27-22-8-3-1-6-18(20)22/h1-14,16,21,27H,15H2,(H,28,31)(H,29,30). The molecule has 3 heterocycles. The maximum Gasteiger partial charge on any atom is 0.256 e. The number of nitrogens with one attached hydrogen (secondary N) is 3. The summed E-state index contributed by atoms with van der Waals surface area (Å²) in [4.78, 5) is 30.2. The number of fused-ring (bicyclic) bond motifs is 1. The van der Waals surface area contributed by atoms with Crippen molar-refractivity contribution in [3.8, 4) is 0 Å². The van der Waals surface area contributed by atoms with Gasteiger partial charge in [0.2, 0.25) is 0 Å². The number of aromatic nitrogens is 1. The van der Waals surface area contributed by atoms with Crippen LogP contribution in [0.1, 0.15) is 37.1 Å². The van der Waals surface area contributed by atoms with Gasteiger partial charge in [-0.15, -0.1) is 11.3 Å². The summed E-state index contributed by atoms with van der Waals surface area (Å²) in [5.41, 5.74) is 3.72. The zero-order valence-corrected chi connectivity index (χ0v) is 19.2. The first-order valence-electron chi connectivity index (χ1n) is 10.5. The lowest BCUT2D eigenvalue weighted by atomic mass is 9.96. The normalized spacial score (nSPS) is 11.9. The van der Waals surface area contributed by atoms with E-state index < -0.39 is 0 Å². The van der Waals surface area contributed by atoms with E-state index in [4.69, 9.17) is 0 Å². The predicted molar refractivity (Wildman–Crippen MR) is 136 cm³/mol. The van der Waals surface area contributed by atoms with Gasteiger partial charge in [-0.3, -0.25) is 9.59 Å². The number of aromatic amines is 1. The summed E-state index contributed by atoms with van der Waals surface area (Å²) in [6.45, 7) is 0.438. The number of thiophene rings is 2. The first-order valence-corrected chi connectivity index (χ1v) is 12.3. The van der Waals surface area contributed by atoms with Crippen LogP contribution in [0.2, 0.25) is 0 Å². The Labute approximate surface area is 199 Å². The second-order valence-electron chi connectivity index (χ2n) is 7.58. The Bertz CT molecular complexity index is 1390. The molecular weight excluding hydrogens is 450 g/mol. The summed E-state index contributed by atoms with van der Waals surface area (Å²) >= 11 is 3.13. The molecule has 0 aliphatic heterocycles. The van der Waals surface area contributed by atoms with E-state index in [1.165, 1.54) is 16.2 Å². The minimum absolute atomic E-state index is 0.0117. The maximum absolute atomic E-state index is 13.2. The van der Waals surface area contributed by atoms with Gasteiger partial charge in [-0.2, -0.15) is 11.3 Å². The van der Waals surface area contributed by atoms with Crippen LogP contribution in [-0.2, 0) is 0 Å². The van der Waals surface area contributed by atoms with Crippen molar-refractivity contribution in [3.05, 3.63) is 111 Å². The van der Waals surface area contributed by atoms with Gasteiger partial charge in [0, 0.05) is 39.8 Å². The topological polar surface area (TPSA) is 74.0 Å². The first kappa shape index (κ1) is 21.2. The molecule has 0 radical (unpaired) electrons. The van der Waals surface area contributed by atoms with Crippen LogP contribution in [0.5, 0.6) is 0 Å². The van der Waals surface area contributed by atoms with E-state index in [9.17, 15) is 9.59 Å². The van der Waals surface area contributed by atoms with Crippen LogP contribution in [-0.4, -0.2) is 23.3 Å². The Morgan fingerprint density at radius 2 is 1.76 bits per heavy atom. The number of hydrogen-bond acceptors (Lipinski definition) is 4. The molecule has 5 aromatic rings. The molecule has 0 fully saturated rings. The molecule has 0 spiro atoms. The largest absolute Gasteiger partial charge is 0.361 e. The number of para-hydroxylation sites is 2. The van der Waals surface area contributed by atoms with Crippen LogP contribution in [0.4, 0.5) is 5.69 Å². The van der Waals surface area contributed by atoms with E-state index in [1.54, 1.807) is 47.0 Å². The number of H-pyrrole nitrogens is 1. The third-order valence-corrected chi connectivity index (χ3v) is 7.22. The van der Waals surface area contributed by atoms with E-state index >= 15 is 0 Å². The molecule has 0 bridgehead atoms. The Morgan fingerprint density at radius 3 is 2.58 bits per heavy atom. The number of benzene rings is 2. The van der Waals surface area contributed by atoms with Crippen molar-refractivity contribution in [1.29, 1.82) is 0 Å². The fraction of sp³-hybridized carbons (Fsp3) is 0.0769. The zero-order chi connectivity index (χ0) is 22.6. The van der Waals surface area contributed by atoms with Gasteiger partial charge in [0.15, 0.2) is 0 Å². The fourth-order valence-electron chi connectivity index (χ4n) is 3.90. The minimum Gasteiger partial charge on any atom is -0.361 e. The van der Waals surface area contributed by atoms with E-state index in [2.05, 4.69) is 33.8 Å². The van der Waals surface area contributed by atoms with Crippen LogP contribution in [0, 0.1) is 0 Å². The molecule has 5 nitrogen and oxygen atoms in total. The number of hydrogen-bond donors (Lipinski definition) is 3. The van der Waals surface area contributed by atoms with Gasteiger partial charge in [0.05, 0.1) is 16.8 Å². The van der Waals surface area contributed by atoms with Crippen molar-refractivity contribution >= 4 is 51.1 Å². The summed E-state index contributed by atoms with van der Waals surface area (Å²) in [5.74, 6) is -0.443. The van der Waals surface area contributed by atoms with Gasteiger partial charge in [-0.25, -0.2) is 0 Å². The molecule has 1 unspecified atom stereocenters. The Kier molecular flexibility index (Phi) is 6.06. The van der Waals surface area contributed by atoms with Crippen molar-refractivity contribution in [2.45, 2.75) is 5.92 Å². The zero-order valence-electron chi connectivity index (χ0n) is 17.6. The van der Waals surface area contributed by atoms with Crippen molar-refractivity contribution in [1.82, 2.24) is 10.3 Å². The Hall–Kier alpha value is -3.68. The summed E-state index contributed by atoms with van der Waals surface area (Å²) in [6, 6.07) is 21.1. The Morgan fingerprint density at radius 1 is 0.909 bits per heavy atom. The summed E-state index contributed by atoms with van der Waals surface area (Å²) in [6.07, 6.45) is 2.02. The van der Waals surface area contributed by atoms with Crippen LogP contribution in [0.25, 0.3) is 10.9 Å². The van der Waals surface area contributed by atoms with Gasteiger partial charge in [-0.1, -0.05) is 36.4 Å². The second-order valence-corrected chi connectivity index (χ2v) is 9.34. The molecule has 0 aliphatic carbocycles. The van der Waals surface area contributed by atoms with Gasteiger partial charge < -0.3 is 15.6 Å². The van der Waals surface area contributed by atoms with Crippen LogP contribution >= 0.6 is 22.7 Å². The van der Waals surface area contributed by atoms with Crippen molar-refractivity contribution in [3.63, 3.8) is 0 Å². The highest BCUT2D eigenvalue weighted by Gasteiger charge is 2.21. The quantitative estimate of drug-likeness (QED) is 0.268. The average molecular weight is 472 g/mol. The highest BCUT2D eigenvalue weighted by molar-refractivity contribution is 7.10. The van der Waals surface area contributed by atoms with Crippen molar-refractivity contribution in [2.75, 3.05) is 11.9 Å². The molecule has 2 amide bonds. The Balaban J connectivity index is 1.38. The predicted octanol–water partition coefficient (Wildman–Crippen LogP) is 6.11. The van der Waals surface area contributed by atoms with Crippen molar-refractivity contribution < 1.29 is 9.59 Å². The summed E-state index contributed by atoms with van der Waals surface area (Å²) in [5, 5.41) is 12.8. The molecule has 5 rings (SSSR count). The number of carbonyl (C=O) groups is 2. The van der Waals surface area contributed by atoms with Crippen LogP contribution in [0.3, 0.4) is 0 Å². The second kappa shape index (κ2) is 9.44. The fourth-order valence-corrected chi connectivity index (χ4v) is 5.39. The lowest BCUT2D eigenvalue weighted by molar-refractivity contribution is 0.0953. The van der Waals surface area contributed by atoms with Crippen LogP contribution < -0.4 is 10.6 Å². The van der Waals surface area contributed by atoms with Gasteiger partial charge in [0.25, 0.3) is 11.8 Å². The van der Waals surface area contributed by atoms with Crippen molar-refractivity contribution in [2.24, 2.45) is 0 Å². The molecule has 1 atom stereocenters. The molecule has 0 saturated heterocycles. The molecule has 3 N–H and O–H groups in total. The third kappa shape index (κ3) is 4.46. The third-order valence-electron chi connectivity index (χ3n) is 5.55. The molecule has 3 aromatic heterocycles. The molecule has 0 saturated carbocycles. The van der Waals surface area contributed by atoms with E-state index in [1.807, 2.05) is 35.2 Å². The van der Waals surface area contributed by atoms with Gasteiger partial charge in [-0.05, 0) is 46.7 Å². The van der Waals surface area contributed by atoms with Crippen LogP contribution in [0.15, 0.2) is 89.1 Å². The smallest absolute Gasteiger partial charge is 0.256 e. The minimum atomic E-state index is -0.230. The molecule has 0 aliphatic rings. The number of amides is 2. The van der Waals surface area contributed by atoms with E-state index in [0.717, 1.165) is 16.5 Å². The van der Waals surface area contributed by atoms with E-state index in [0.29, 0.717) is 23.4 Å². The lowest BCUT2D eigenvalue weighted by Gasteiger charge is -2.17.